The van der Waals surface area contributed by atoms with Gasteiger partial charge in [-0.1, -0.05) is 13.8 Å². The monoisotopic (exact) mass is 439 g/mol. The van der Waals surface area contributed by atoms with Crippen LogP contribution in [0, 0.1) is 18.3 Å². The number of carbonyl (C=O) groups is 2. The standard InChI is InChI=1S/C22H25N5O5/c1-6-31-22(29)25-20(28)18(11-23)27-26-15-7-8-19(14(4)9-15)32-16-10-17(13(2)3)21(30-5)24-12-16/h7-10,12-13,26H,6H2,1-5H3,(H,25,28,29)/b27-18-. The zero-order valence-corrected chi connectivity index (χ0v) is 18.6. The van der Waals surface area contributed by atoms with E-state index in [9.17, 15) is 9.59 Å². The number of alkyl carbamates (subject to hydrolysis) is 1. The van der Waals surface area contributed by atoms with Gasteiger partial charge >= 0.3 is 6.09 Å². The Morgan fingerprint density at radius 1 is 1.28 bits per heavy atom. The third-order valence-corrected chi connectivity index (χ3v) is 4.18. The minimum atomic E-state index is -0.969. The number of imide groups is 1. The minimum absolute atomic E-state index is 0.0927. The van der Waals surface area contributed by atoms with Crippen molar-refractivity contribution in [1.82, 2.24) is 10.3 Å². The van der Waals surface area contributed by atoms with Crippen molar-refractivity contribution in [3.63, 3.8) is 0 Å². The number of aromatic nitrogens is 1. The molecular formula is C22H25N5O5. The number of benzene rings is 1. The van der Waals surface area contributed by atoms with Gasteiger partial charge in [0.15, 0.2) is 0 Å². The van der Waals surface area contributed by atoms with E-state index in [0.29, 0.717) is 23.1 Å². The molecular weight excluding hydrogens is 414 g/mol. The van der Waals surface area contributed by atoms with Gasteiger partial charge in [-0.05, 0) is 49.6 Å². The van der Waals surface area contributed by atoms with Crippen LogP contribution in [0.3, 0.4) is 0 Å². The van der Waals surface area contributed by atoms with Crippen molar-refractivity contribution in [3.8, 4) is 23.4 Å². The summed E-state index contributed by atoms with van der Waals surface area (Å²) in [6, 6.07) is 8.63. The summed E-state index contributed by atoms with van der Waals surface area (Å²) >= 11 is 0. The van der Waals surface area contributed by atoms with Crippen LogP contribution < -0.4 is 20.2 Å². The Balaban J connectivity index is 2.12. The summed E-state index contributed by atoms with van der Waals surface area (Å²) in [6.07, 6.45) is 0.633. The first-order valence-electron chi connectivity index (χ1n) is 9.83. The zero-order chi connectivity index (χ0) is 23.7. The highest BCUT2D eigenvalue weighted by Crippen LogP contribution is 2.32. The molecule has 10 nitrogen and oxygen atoms in total. The number of anilines is 1. The fraction of sp³-hybridized carbons (Fsp3) is 0.318. The van der Waals surface area contributed by atoms with Crippen molar-refractivity contribution in [2.24, 2.45) is 5.10 Å². The first-order chi connectivity index (χ1) is 15.3. The van der Waals surface area contributed by atoms with Gasteiger partial charge in [-0.15, -0.1) is 0 Å². The summed E-state index contributed by atoms with van der Waals surface area (Å²) in [5, 5.41) is 14.8. The van der Waals surface area contributed by atoms with Gasteiger partial charge in [-0.3, -0.25) is 15.5 Å². The molecule has 168 valence electrons. The number of ether oxygens (including phenoxy) is 3. The molecule has 2 amide bonds. The first-order valence-corrected chi connectivity index (χ1v) is 9.83. The number of nitrogens with zero attached hydrogens (tertiary/aromatic N) is 3. The lowest BCUT2D eigenvalue weighted by atomic mass is 10.1. The third-order valence-electron chi connectivity index (χ3n) is 4.18. The van der Waals surface area contributed by atoms with Crippen molar-refractivity contribution in [2.75, 3.05) is 19.1 Å². The molecule has 10 heteroatoms. The molecule has 1 aromatic carbocycles. The molecule has 0 spiro atoms. The molecule has 0 saturated carbocycles. The zero-order valence-electron chi connectivity index (χ0n) is 18.6. The molecule has 0 radical (unpaired) electrons. The summed E-state index contributed by atoms with van der Waals surface area (Å²) in [5.41, 5.74) is 4.32. The summed E-state index contributed by atoms with van der Waals surface area (Å²) in [7, 11) is 1.57. The average Bonchev–Trinajstić information content (AvgIpc) is 2.76. The predicted octanol–water partition coefficient (Wildman–Crippen LogP) is 3.88. The van der Waals surface area contributed by atoms with E-state index in [1.165, 1.54) is 0 Å². The predicted molar refractivity (Wildman–Crippen MR) is 118 cm³/mol. The maximum Gasteiger partial charge on any atom is 0.414 e. The molecule has 0 aliphatic carbocycles. The number of rotatable bonds is 8. The lowest BCUT2D eigenvalue weighted by Gasteiger charge is -2.14. The van der Waals surface area contributed by atoms with Crippen LogP contribution in [-0.2, 0) is 9.53 Å². The molecule has 2 aromatic rings. The number of hydrazone groups is 1. The lowest BCUT2D eigenvalue weighted by Crippen LogP contribution is -2.36. The van der Waals surface area contributed by atoms with Crippen LogP contribution in [0.4, 0.5) is 10.5 Å². The van der Waals surface area contributed by atoms with Gasteiger partial charge in [-0.25, -0.2) is 9.78 Å². The van der Waals surface area contributed by atoms with Crippen molar-refractivity contribution in [1.29, 1.82) is 5.26 Å². The smallest absolute Gasteiger partial charge is 0.414 e. The Kier molecular flexibility index (Phi) is 8.53. The van der Waals surface area contributed by atoms with Crippen LogP contribution in [0.25, 0.3) is 0 Å². The Morgan fingerprint density at radius 3 is 2.62 bits per heavy atom. The maximum atomic E-state index is 11.9. The van der Waals surface area contributed by atoms with Crippen LogP contribution in [0.5, 0.6) is 17.4 Å². The molecule has 1 heterocycles. The van der Waals surface area contributed by atoms with E-state index in [1.807, 2.05) is 32.2 Å². The lowest BCUT2D eigenvalue weighted by molar-refractivity contribution is -0.114. The van der Waals surface area contributed by atoms with E-state index in [-0.39, 0.29) is 12.5 Å². The second-order valence-electron chi connectivity index (χ2n) is 6.87. The Morgan fingerprint density at radius 2 is 2.03 bits per heavy atom. The number of nitriles is 1. The van der Waals surface area contributed by atoms with E-state index >= 15 is 0 Å². The number of amides is 2. The van der Waals surface area contributed by atoms with Crippen molar-refractivity contribution in [3.05, 3.63) is 41.6 Å². The second kappa shape index (κ2) is 11.3. The van der Waals surface area contributed by atoms with E-state index in [4.69, 9.17) is 14.7 Å². The maximum absolute atomic E-state index is 11.9. The fourth-order valence-electron chi connectivity index (χ4n) is 2.62. The van der Waals surface area contributed by atoms with Gasteiger partial charge in [0.25, 0.3) is 5.91 Å². The van der Waals surface area contributed by atoms with Crippen LogP contribution in [0.1, 0.15) is 37.8 Å². The summed E-state index contributed by atoms with van der Waals surface area (Å²) in [5.74, 6) is 0.965. The molecule has 0 bridgehead atoms. The summed E-state index contributed by atoms with van der Waals surface area (Å²) < 4.78 is 15.8. The number of pyridine rings is 1. The van der Waals surface area contributed by atoms with Crippen molar-refractivity contribution in [2.45, 2.75) is 33.6 Å². The quantitative estimate of drug-likeness (QED) is 0.467. The molecule has 0 aliphatic rings. The topological polar surface area (TPSA) is 135 Å². The van der Waals surface area contributed by atoms with Crippen LogP contribution >= 0.6 is 0 Å². The van der Waals surface area contributed by atoms with E-state index in [1.54, 1.807) is 44.5 Å². The highest BCUT2D eigenvalue weighted by Gasteiger charge is 2.16. The Bertz CT molecular complexity index is 1060. The van der Waals surface area contributed by atoms with Gasteiger partial charge in [-0.2, -0.15) is 10.4 Å². The summed E-state index contributed by atoms with van der Waals surface area (Å²) in [6.45, 7) is 7.60. The normalized spacial score (nSPS) is 10.8. The summed E-state index contributed by atoms with van der Waals surface area (Å²) in [4.78, 5) is 27.5. The molecule has 2 N–H and O–H groups in total. The van der Waals surface area contributed by atoms with Crippen molar-refractivity contribution >= 4 is 23.4 Å². The molecule has 0 fully saturated rings. The molecule has 1 aromatic heterocycles. The first kappa shape index (κ1) is 24.1. The number of methoxy groups -OCH3 is 1. The Labute approximate surface area is 186 Å². The van der Waals surface area contributed by atoms with Crippen LogP contribution in [0.2, 0.25) is 0 Å². The molecule has 2 rings (SSSR count). The molecule has 0 unspecified atom stereocenters. The van der Waals surface area contributed by atoms with E-state index < -0.39 is 17.7 Å². The fourth-order valence-corrected chi connectivity index (χ4v) is 2.62. The largest absolute Gasteiger partial charge is 0.481 e. The van der Waals surface area contributed by atoms with Crippen LogP contribution in [-0.4, -0.2) is 36.4 Å². The molecule has 0 atom stereocenters. The second-order valence-corrected chi connectivity index (χ2v) is 6.87. The SMILES string of the molecule is CCOC(=O)NC(=O)/C(C#N)=N\Nc1ccc(Oc2cnc(OC)c(C(C)C)c2)c(C)c1. The van der Waals surface area contributed by atoms with Gasteiger partial charge in [0.2, 0.25) is 11.6 Å². The van der Waals surface area contributed by atoms with Crippen LogP contribution in [0.15, 0.2) is 35.6 Å². The van der Waals surface area contributed by atoms with Crippen molar-refractivity contribution < 1.29 is 23.8 Å². The highest BCUT2D eigenvalue weighted by molar-refractivity contribution is 6.46. The molecule has 32 heavy (non-hydrogen) atoms. The van der Waals surface area contributed by atoms with E-state index in [2.05, 4.69) is 20.2 Å². The Hall–Kier alpha value is -4.13. The third kappa shape index (κ3) is 6.43. The average molecular weight is 439 g/mol. The number of hydrogen-bond acceptors (Lipinski definition) is 9. The number of carbonyl (C=O) groups excluding carboxylic acids is 2. The van der Waals surface area contributed by atoms with Gasteiger partial charge in [0, 0.05) is 5.56 Å². The minimum Gasteiger partial charge on any atom is -0.481 e. The van der Waals surface area contributed by atoms with Gasteiger partial charge in [0.05, 0.1) is 25.6 Å². The van der Waals surface area contributed by atoms with Gasteiger partial charge < -0.3 is 14.2 Å². The molecule has 0 aliphatic heterocycles. The number of aryl methyl sites for hydroxylation is 1. The van der Waals surface area contributed by atoms with E-state index in [0.717, 1.165) is 11.1 Å². The molecule has 0 saturated heterocycles. The highest BCUT2D eigenvalue weighted by atomic mass is 16.5. The number of hydrogen-bond donors (Lipinski definition) is 2. The van der Waals surface area contributed by atoms with Gasteiger partial charge in [0.1, 0.15) is 17.6 Å². The number of nitrogens with one attached hydrogen (secondary N) is 2.